The lowest BCUT2D eigenvalue weighted by Gasteiger charge is -2.24. The number of para-hydroxylation sites is 1. The van der Waals surface area contributed by atoms with E-state index in [1.807, 2.05) is 66.9 Å². The molecule has 0 amide bonds. The van der Waals surface area contributed by atoms with E-state index in [1.165, 1.54) is 27.8 Å². The number of hydrogen-bond donors (Lipinski definition) is 0. The van der Waals surface area contributed by atoms with Gasteiger partial charge in [-0.25, -0.2) is 18.2 Å². The van der Waals surface area contributed by atoms with Crippen molar-refractivity contribution in [1.29, 1.82) is 0 Å². The maximum atomic E-state index is 13.5. The molecule has 1 aliphatic rings. The fourth-order valence-electron chi connectivity index (χ4n) is 4.11. The van der Waals surface area contributed by atoms with Crippen LogP contribution in [-0.4, -0.2) is 25.4 Å². The molecule has 0 saturated heterocycles. The van der Waals surface area contributed by atoms with Crippen molar-refractivity contribution in [3.63, 3.8) is 0 Å². The Morgan fingerprint density at radius 3 is 2.65 bits per heavy atom. The number of thiazole rings is 1. The highest BCUT2D eigenvalue weighted by molar-refractivity contribution is 7.92. The summed E-state index contributed by atoms with van der Waals surface area (Å²) in [6.07, 6.45) is 0.649. The normalized spacial score (nSPS) is 15.2. The van der Waals surface area contributed by atoms with Crippen LogP contribution >= 0.6 is 11.3 Å². The Hall–Kier alpha value is -3.49. The molecule has 4 aromatic rings. The summed E-state index contributed by atoms with van der Waals surface area (Å²) in [4.78, 5) is 17.3. The molecule has 3 aromatic carbocycles. The number of fused-ring (bicyclic) bond motifs is 1. The van der Waals surface area contributed by atoms with Gasteiger partial charge in [-0.15, -0.1) is 11.3 Å². The number of anilines is 1. The Balaban J connectivity index is 1.32. The lowest BCUT2D eigenvalue weighted by atomic mass is 10.1. The Labute approximate surface area is 202 Å². The van der Waals surface area contributed by atoms with Crippen LogP contribution in [0, 0.1) is 0 Å². The molecule has 6 nitrogen and oxygen atoms in total. The van der Waals surface area contributed by atoms with E-state index in [-0.39, 0.29) is 23.1 Å². The molecule has 0 saturated carbocycles. The Morgan fingerprint density at radius 1 is 1.06 bits per heavy atom. The van der Waals surface area contributed by atoms with Gasteiger partial charge in [-0.3, -0.25) is 4.31 Å². The van der Waals surface area contributed by atoms with Crippen LogP contribution in [0.15, 0.2) is 89.1 Å². The van der Waals surface area contributed by atoms with Gasteiger partial charge in [-0.2, -0.15) is 0 Å². The highest BCUT2D eigenvalue weighted by Gasteiger charge is 2.36. The van der Waals surface area contributed by atoms with Gasteiger partial charge in [-0.1, -0.05) is 54.6 Å². The van der Waals surface area contributed by atoms with Crippen LogP contribution in [0.2, 0.25) is 0 Å². The van der Waals surface area contributed by atoms with Crippen molar-refractivity contribution in [1.82, 2.24) is 4.98 Å². The van der Waals surface area contributed by atoms with Gasteiger partial charge in [-0.05, 0) is 43.2 Å². The van der Waals surface area contributed by atoms with E-state index >= 15 is 0 Å². The van der Waals surface area contributed by atoms with Gasteiger partial charge >= 0.3 is 5.97 Å². The van der Waals surface area contributed by atoms with Crippen molar-refractivity contribution in [2.45, 2.75) is 30.9 Å². The largest absolute Gasteiger partial charge is 0.456 e. The molecule has 172 valence electrons. The van der Waals surface area contributed by atoms with Gasteiger partial charge in [0.1, 0.15) is 11.6 Å². The summed E-state index contributed by atoms with van der Waals surface area (Å²) >= 11 is 1.48. The van der Waals surface area contributed by atoms with Crippen LogP contribution in [-0.2, 0) is 27.8 Å². The monoisotopic (exact) mass is 490 g/mol. The molecule has 0 bridgehead atoms. The zero-order valence-electron chi connectivity index (χ0n) is 18.4. The Kier molecular flexibility index (Phi) is 5.93. The van der Waals surface area contributed by atoms with Crippen LogP contribution in [0.4, 0.5) is 5.69 Å². The second kappa shape index (κ2) is 9.04. The van der Waals surface area contributed by atoms with Crippen LogP contribution in [0.5, 0.6) is 0 Å². The SMILES string of the molecule is CC1Cc2ccccc2N1S(=O)(=O)c1cccc(C(=O)OCc2csc(-c3ccccc3)n2)c1. The average molecular weight is 491 g/mol. The van der Waals surface area contributed by atoms with Gasteiger partial charge in [0.05, 0.1) is 21.8 Å². The van der Waals surface area contributed by atoms with Crippen molar-refractivity contribution >= 4 is 33.0 Å². The summed E-state index contributed by atoms with van der Waals surface area (Å²) < 4.78 is 33.8. The quantitative estimate of drug-likeness (QED) is 0.343. The van der Waals surface area contributed by atoms with E-state index in [9.17, 15) is 13.2 Å². The zero-order valence-corrected chi connectivity index (χ0v) is 20.1. The van der Waals surface area contributed by atoms with E-state index in [4.69, 9.17) is 4.74 Å². The van der Waals surface area contributed by atoms with E-state index < -0.39 is 16.0 Å². The molecule has 34 heavy (non-hydrogen) atoms. The third-order valence-corrected chi connectivity index (χ3v) is 8.56. The predicted octanol–water partition coefficient (Wildman–Crippen LogP) is 5.31. The van der Waals surface area contributed by atoms with Crippen LogP contribution in [0.1, 0.15) is 28.5 Å². The summed E-state index contributed by atoms with van der Waals surface area (Å²) in [6.45, 7) is 1.89. The van der Waals surface area contributed by atoms with Gasteiger partial charge in [0.25, 0.3) is 10.0 Å². The molecular weight excluding hydrogens is 468 g/mol. The van der Waals surface area contributed by atoms with Crippen molar-refractivity contribution in [3.05, 3.63) is 101 Å². The maximum absolute atomic E-state index is 13.5. The fraction of sp³-hybridized carbons (Fsp3) is 0.154. The van der Waals surface area contributed by atoms with Crippen LogP contribution in [0.25, 0.3) is 10.6 Å². The summed E-state index contributed by atoms with van der Waals surface area (Å²) in [5, 5.41) is 2.70. The van der Waals surface area contributed by atoms with Crippen molar-refractivity contribution in [2.75, 3.05) is 4.31 Å². The minimum atomic E-state index is -3.84. The number of esters is 1. The molecule has 0 N–H and O–H groups in total. The summed E-state index contributed by atoms with van der Waals surface area (Å²) in [6, 6.07) is 23.1. The molecule has 0 aliphatic carbocycles. The van der Waals surface area contributed by atoms with Crippen molar-refractivity contribution in [2.24, 2.45) is 0 Å². The fourth-order valence-corrected chi connectivity index (χ4v) is 6.66. The molecule has 5 rings (SSSR count). The highest BCUT2D eigenvalue weighted by Crippen LogP contribution is 2.36. The molecular formula is C26H22N2O4S2. The molecule has 1 aromatic heterocycles. The van der Waals surface area contributed by atoms with E-state index in [1.54, 1.807) is 12.1 Å². The predicted molar refractivity (Wildman–Crippen MR) is 132 cm³/mol. The van der Waals surface area contributed by atoms with E-state index in [0.29, 0.717) is 17.8 Å². The van der Waals surface area contributed by atoms with Crippen LogP contribution in [0.3, 0.4) is 0 Å². The smallest absolute Gasteiger partial charge is 0.338 e. The van der Waals surface area contributed by atoms with E-state index in [2.05, 4.69) is 4.98 Å². The number of carbonyl (C=O) groups excluding carboxylic acids is 1. The first-order chi connectivity index (χ1) is 16.4. The number of rotatable bonds is 6. The first-order valence-corrected chi connectivity index (χ1v) is 13.1. The lowest BCUT2D eigenvalue weighted by molar-refractivity contribution is 0.0468. The van der Waals surface area contributed by atoms with Gasteiger partial charge in [0.2, 0.25) is 0 Å². The van der Waals surface area contributed by atoms with E-state index in [0.717, 1.165) is 16.1 Å². The summed E-state index contributed by atoms with van der Waals surface area (Å²) in [5.41, 5.74) is 3.50. The van der Waals surface area contributed by atoms with Gasteiger partial charge in [0, 0.05) is 17.0 Å². The minimum absolute atomic E-state index is 0.00960. The third kappa shape index (κ3) is 4.22. The number of hydrogen-bond acceptors (Lipinski definition) is 6. The van der Waals surface area contributed by atoms with Crippen LogP contribution < -0.4 is 4.31 Å². The zero-order chi connectivity index (χ0) is 23.7. The first-order valence-electron chi connectivity index (χ1n) is 10.8. The van der Waals surface area contributed by atoms with Gasteiger partial charge < -0.3 is 4.74 Å². The van der Waals surface area contributed by atoms with Crippen molar-refractivity contribution < 1.29 is 17.9 Å². The average Bonchev–Trinajstić information content (AvgIpc) is 3.47. The number of sulfonamides is 1. The number of carbonyl (C=O) groups is 1. The van der Waals surface area contributed by atoms with Crippen molar-refractivity contribution in [3.8, 4) is 10.6 Å². The number of benzene rings is 3. The Morgan fingerprint density at radius 2 is 1.82 bits per heavy atom. The lowest BCUT2D eigenvalue weighted by Crippen LogP contribution is -2.35. The molecule has 8 heteroatoms. The molecule has 1 atom stereocenters. The maximum Gasteiger partial charge on any atom is 0.338 e. The number of aromatic nitrogens is 1. The number of nitrogens with zero attached hydrogens (tertiary/aromatic N) is 2. The third-order valence-electron chi connectivity index (χ3n) is 5.69. The summed E-state index contributed by atoms with van der Waals surface area (Å²) in [5.74, 6) is -0.596. The molecule has 2 heterocycles. The molecule has 1 unspecified atom stereocenters. The molecule has 0 fully saturated rings. The highest BCUT2D eigenvalue weighted by atomic mass is 32.2. The summed E-state index contributed by atoms with van der Waals surface area (Å²) in [7, 11) is -3.84. The number of ether oxygens (including phenoxy) is 1. The molecule has 0 spiro atoms. The molecule has 0 radical (unpaired) electrons. The first kappa shape index (κ1) is 22.3. The topological polar surface area (TPSA) is 76.6 Å². The minimum Gasteiger partial charge on any atom is -0.456 e. The second-order valence-electron chi connectivity index (χ2n) is 8.10. The Bertz CT molecular complexity index is 1450. The standard InChI is InChI=1S/C26H22N2O4S2/c1-18-14-20-10-5-6-13-24(20)28(18)34(30,31)23-12-7-11-21(15-23)26(29)32-16-22-17-33-25(27-22)19-8-3-2-4-9-19/h2-13,15,17-18H,14,16H2,1H3. The second-order valence-corrected chi connectivity index (χ2v) is 10.8. The molecule has 1 aliphatic heterocycles. The van der Waals surface area contributed by atoms with Gasteiger partial charge in [0.15, 0.2) is 0 Å².